The minimum absolute atomic E-state index is 0.00112. The lowest BCUT2D eigenvalue weighted by Gasteiger charge is -2.34. The molecule has 21 heavy (non-hydrogen) atoms. The molecule has 1 aromatic carbocycles. The van der Waals surface area contributed by atoms with Crippen LogP contribution in [0.5, 0.6) is 0 Å². The summed E-state index contributed by atoms with van der Waals surface area (Å²) < 4.78 is 19.0. The van der Waals surface area contributed by atoms with E-state index in [0.29, 0.717) is 38.3 Å². The number of aliphatic hydroxyl groups is 2. The quantitative estimate of drug-likeness (QED) is 0.805. The molecule has 0 spiro atoms. The summed E-state index contributed by atoms with van der Waals surface area (Å²) in [6, 6.07) is 4.67. The van der Waals surface area contributed by atoms with Gasteiger partial charge in [-0.05, 0) is 23.8 Å². The normalized spacial score (nSPS) is 19.1. The first-order valence-corrected chi connectivity index (χ1v) is 7.05. The molecule has 1 fully saturated rings. The van der Waals surface area contributed by atoms with Crippen molar-refractivity contribution in [2.24, 2.45) is 0 Å². The lowest BCUT2D eigenvalue weighted by atomic mass is 10.1. The van der Waals surface area contributed by atoms with Gasteiger partial charge in [0.2, 0.25) is 0 Å². The molecule has 2 N–H and O–H groups in total. The van der Waals surface area contributed by atoms with E-state index in [9.17, 15) is 9.50 Å². The highest BCUT2D eigenvalue weighted by atomic mass is 19.1. The Bertz CT molecular complexity index is 524. The standard InChI is InChI=1S/C16H20FNO3/c17-15-8-13(3-1-2-5-19)7-14(9-15)10-18-4-6-21-12-16(18)11-20/h7-9,16,19-20H,2,4-6,10-12H2. The number of morpholine rings is 1. The first-order chi connectivity index (χ1) is 10.2. The minimum atomic E-state index is -0.324. The number of rotatable bonds is 4. The van der Waals surface area contributed by atoms with Crippen LogP contribution < -0.4 is 0 Å². The topological polar surface area (TPSA) is 52.9 Å². The van der Waals surface area contributed by atoms with Crippen molar-refractivity contribution in [1.29, 1.82) is 0 Å². The third-order valence-electron chi connectivity index (χ3n) is 3.37. The second-order valence-corrected chi connectivity index (χ2v) is 5.01. The van der Waals surface area contributed by atoms with E-state index in [4.69, 9.17) is 9.84 Å². The van der Waals surface area contributed by atoms with Crippen LogP contribution in [0.4, 0.5) is 4.39 Å². The monoisotopic (exact) mass is 293 g/mol. The zero-order chi connectivity index (χ0) is 15.1. The number of nitrogens with zero attached hydrogens (tertiary/aromatic N) is 1. The molecule has 1 aliphatic heterocycles. The molecule has 4 nitrogen and oxygen atoms in total. The summed E-state index contributed by atoms with van der Waals surface area (Å²) in [7, 11) is 0. The van der Waals surface area contributed by atoms with E-state index in [1.807, 2.05) is 6.07 Å². The molecular formula is C16H20FNO3. The summed E-state index contributed by atoms with van der Waals surface area (Å²) in [6.45, 7) is 2.41. The fourth-order valence-electron chi connectivity index (χ4n) is 2.33. The van der Waals surface area contributed by atoms with Crippen molar-refractivity contribution in [1.82, 2.24) is 4.90 Å². The van der Waals surface area contributed by atoms with Gasteiger partial charge in [-0.15, -0.1) is 0 Å². The van der Waals surface area contributed by atoms with Crippen molar-refractivity contribution in [3.63, 3.8) is 0 Å². The van der Waals surface area contributed by atoms with E-state index in [2.05, 4.69) is 16.7 Å². The molecule has 0 aliphatic carbocycles. The second-order valence-electron chi connectivity index (χ2n) is 5.01. The van der Waals surface area contributed by atoms with Crippen LogP contribution in [0.1, 0.15) is 17.5 Å². The minimum Gasteiger partial charge on any atom is -0.395 e. The van der Waals surface area contributed by atoms with E-state index < -0.39 is 0 Å². The summed E-state index contributed by atoms with van der Waals surface area (Å²) in [5.74, 6) is 5.31. The van der Waals surface area contributed by atoms with E-state index in [-0.39, 0.29) is 25.1 Å². The van der Waals surface area contributed by atoms with Crippen LogP contribution in [0.15, 0.2) is 18.2 Å². The van der Waals surface area contributed by atoms with Crippen LogP contribution in [0.25, 0.3) is 0 Å². The largest absolute Gasteiger partial charge is 0.395 e. The number of hydrogen-bond acceptors (Lipinski definition) is 4. The molecule has 114 valence electrons. The van der Waals surface area contributed by atoms with Crippen LogP contribution >= 0.6 is 0 Å². The zero-order valence-electron chi connectivity index (χ0n) is 11.9. The van der Waals surface area contributed by atoms with Crippen molar-refractivity contribution < 1.29 is 19.3 Å². The molecule has 5 heteroatoms. The van der Waals surface area contributed by atoms with Crippen molar-refractivity contribution in [2.75, 3.05) is 33.0 Å². The summed E-state index contributed by atoms with van der Waals surface area (Å²) in [4.78, 5) is 2.09. The molecule has 0 aromatic heterocycles. The van der Waals surface area contributed by atoms with Crippen LogP contribution in [-0.2, 0) is 11.3 Å². The molecular weight excluding hydrogens is 273 g/mol. The van der Waals surface area contributed by atoms with Gasteiger partial charge in [-0.1, -0.05) is 11.8 Å². The predicted molar refractivity (Wildman–Crippen MR) is 77.1 cm³/mol. The molecule has 1 atom stereocenters. The Labute approximate surface area is 124 Å². The van der Waals surface area contributed by atoms with E-state index in [0.717, 1.165) is 5.56 Å². The SMILES string of the molecule is OCCC#Cc1cc(F)cc(CN2CCOCC2CO)c1. The summed E-state index contributed by atoms with van der Waals surface area (Å²) in [5, 5.41) is 18.1. The van der Waals surface area contributed by atoms with Crippen molar-refractivity contribution in [2.45, 2.75) is 19.0 Å². The maximum absolute atomic E-state index is 13.7. The molecule has 1 aliphatic rings. The summed E-state index contributed by atoms with van der Waals surface area (Å²) >= 11 is 0. The average molecular weight is 293 g/mol. The molecule has 1 saturated heterocycles. The van der Waals surface area contributed by atoms with Crippen LogP contribution in [0.3, 0.4) is 0 Å². The number of hydrogen-bond donors (Lipinski definition) is 2. The molecule has 0 bridgehead atoms. The molecule has 1 aromatic rings. The lowest BCUT2D eigenvalue weighted by Crippen LogP contribution is -2.46. The Hall–Kier alpha value is -1.45. The first-order valence-electron chi connectivity index (χ1n) is 7.05. The Kier molecular flexibility index (Phi) is 6.15. The summed E-state index contributed by atoms with van der Waals surface area (Å²) in [6.07, 6.45) is 0.377. The predicted octanol–water partition coefficient (Wildman–Crippen LogP) is 0.753. The third kappa shape index (κ3) is 4.80. The van der Waals surface area contributed by atoms with Gasteiger partial charge < -0.3 is 14.9 Å². The third-order valence-corrected chi connectivity index (χ3v) is 3.37. The van der Waals surface area contributed by atoms with Gasteiger partial charge in [-0.3, -0.25) is 4.90 Å². The molecule has 0 radical (unpaired) electrons. The molecule has 0 amide bonds. The van der Waals surface area contributed by atoms with E-state index in [1.165, 1.54) is 12.1 Å². The Morgan fingerprint density at radius 1 is 1.33 bits per heavy atom. The van der Waals surface area contributed by atoms with Gasteiger partial charge in [0.1, 0.15) is 5.82 Å². The van der Waals surface area contributed by atoms with Crippen LogP contribution in [-0.4, -0.2) is 54.1 Å². The van der Waals surface area contributed by atoms with Crippen molar-refractivity contribution in [3.8, 4) is 11.8 Å². The van der Waals surface area contributed by atoms with Gasteiger partial charge in [-0.25, -0.2) is 4.39 Å². The average Bonchev–Trinajstić information content (AvgIpc) is 2.47. The van der Waals surface area contributed by atoms with Crippen LogP contribution in [0.2, 0.25) is 0 Å². The first kappa shape index (κ1) is 15.9. The maximum atomic E-state index is 13.7. The van der Waals surface area contributed by atoms with Gasteiger partial charge in [0.15, 0.2) is 0 Å². The number of ether oxygens (including phenoxy) is 1. The van der Waals surface area contributed by atoms with E-state index >= 15 is 0 Å². The second kappa shape index (κ2) is 8.11. The molecule has 2 rings (SSSR count). The highest BCUT2D eigenvalue weighted by Crippen LogP contribution is 2.15. The van der Waals surface area contributed by atoms with Gasteiger partial charge in [0, 0.05) is 25.1 Å². The fourth-order valence-corrected chi connectivity index (χ4v) is 2.33. The van der Waals surface area contributed by atoms with Crippen LogP contribution in [0, 0.1) is 17.7 Å². The fraction of sp³-hybridized carbons (Fsp3) is 0.500. The molecule has 1 heterocycles. The van der Waals surface area contributed by atoms with Gasteiger partial charge in [0.05, 0.1) is 32.5 Å². The van der Waals surface area contributed by atoms with Crippen molar-refractivity contribution in [3.05, 3.63) is 35.1 Å². The van der Waals surface area contributed by atoms with Gasteiger partial charge in [-0.2, -0.15) is 0 Å². The van der Waals surface area contributed by atoms with Gasteiger partial charge in [0.25, 0.3) is 0 Å². The number of halogens is 1. The smallest absolute Gasteiger partial charge is 0.124 e. The molecule has 1 unspecified atom stereocenters. The van der Waals surface area contributed by atoms with Gasteiger partial charge >= 0.3 is 0 Å². The lowest BCUT2D eigenvalue weighted by molar-refractivity contribution is -0.0312. The molecule has 0 saturated carbocycles. The Morgan fingerprint density at radius 2 is 2.19 bits per heavy atom. The highest BCUT2D eigenvalue weighted by Gasteiger charge is 2.22. The Morgan fingerprint density at radius 3 is 2.95 bits per heavy atom. The zero-order valence-corrected chi connectivity index (χ0v) is 11.9. The Balaban J connectivity index is 2.10. The summed E-state index contributed by atoms with van der Waals surface area (Å²) in [5.41, 5.74) is 1.43. The van der Waals surface area contributed by atoms with E-state index in [1.54, 1.807) is 0 Å². The van der Waals surface area contributed by atoms with Crippen molar-refractivity contribution >= 4 is 0 Å². The maximum Gasteiger partial charge on any atom is 0.124 e. The number of benzene rings is 1. The number of aliphatic hydroxyl groups excluding tert-OH is 2. The highest BCUT2D eigenvalue weighted by molar-refractivity contribution is 5.37.